The number of carboxylic acids is 1. The van der Waals surface area contributed by atoms with Gasteiger partial charge in [0.25, 0.3) is 0 Å². The van der Waals surface area contributed by atoms with Gasteiger partial charge in [-0.25, -0.2) is 9.78 Å². The largest absolute Gasteiger partial charge is 0.478 e. The number of aromatic carboxylic acids is 1. The fraction of sp³-hybridized carbons (Fsp3) is 0.250. The molecule has 0 bridgehead atoms. The van der Waals surface area contributed by atoms with Crippen LogP contribution in [-0.4, -0.2) is 22.6 Å². The van der Waals surface area contributed by atoms with Crippen LogP contribution >= 0.6 is 11.6 Å². The van der Waals surface area contributed by atoms with E-state index in [1.54, 1.807) is 0 Å². The van der Waals surface area contributed by atoms with Gasteiger partial charge in [-0.05, 0) is 13.0 Å². The lowest BCUT2D eigenvalue weighted by Crippen LogP contribution is -2.07. The maximum atomic E-state index is 10.7. The number of carbonyl (C=O) groups is 1. The lowest BCUT2D eigenvalue weighted by Gasteiger charge is -2.05. The van der Waals surface area contributed by atoms with Crippen LogP contribution in [0.15, 0.2) is 12.3 Å². The number of nitrogens with one attached hydrogen (secondary N) is 1. The predicted octanol–water partition coefficient (Wildman–Crippen LogP) is 1.86. The number of pyridine rings is 1. The zero-order valence-corrected chi connectivity index (χ0v) is 7.80. The van der Waals surface area contributed by atoms with E-state index in [0.29, 0.717) is 17.4 Å². The summed E-state index contributed by atoms with van der Waals surface area (Å²) < 4.78 is 0. The van der Waals surface area contributed by atoms with Crippen molar-refractivity contribution in [1.29, 1.82) is 0 Å². The third-order valence-corrected chi connectivity index (χ3v) is 1.64. The van der Waals surface area contributed by atoms with Crippen LogP contribution in [0.5, 0.6) is 0 Å². The molecule has 0 aliphatic rings. The molecule has 1 rings (SSSR count). The molecule has 0 unspecified atom stereocenters. The van der Waals surface area contributed by atoms with Gasteiger partial charge in [0.15, 0.2) is 0 Å². The molecule has 0 aromatic carbocycles. The van der Waals surface area contributed by atoms with Crippen molar-refractivity contribution >= 4 is 23.4 Å². The fourth-order valence-electron chi connectivity index (χ4n) is 0.911. The molecule has 0 aliphatic heterocycles. The Morgan fingerprint density at radius 2 is 2.46 bits per heavy atom. The minimum absolute atomic E-state index is 0.0920. The standard InChI is InChI=1S/C8H9ClN2O2/c1-2-10-7-6(8(12)13)3-5(9)4-11-7/h3-4H,2H2,1H3,(H,10,11)(H,12,13). The number of halogens is 1. The molecule has 4 nitrogen and oxygen atoms in total. The van der Waals surface area contributed by atoms with Crippen LogP contribution < -0.4 is 5.32 Å². The lowest BCUT2D eigenvalue weighted by molar-refractivity contribution is 0.0697. The highest BCUT2D eigenvalue weighted by Crippen LogP contribution is 2.16. The minimum Gasteiger partial charge on any atom is -0.478 e. The van der Waals surface area contributed by atoms with E-state index in [4.69, 9.17) is 16.7 Å². The van der Waals surface area contributed by atoms with E-state index in [0.717, 1.165) is 0 Å². The Kier molecular flexibility index (Phi) is 3.08. The maximum Gasteiger partial charge on any atom is 0.339 e. The number of hydrogen-bond donors (Lipinski definition) is 2. The van der Waals surface area contributed by atoms with Crippen molar-refractivity contribution in [2.24, 2.45) is 0 Å². The summed E-state index contributed by atoms with van der Waals surface area (Å²) in [5.41, 5.74) is 0.0920. The van der Waals surface area contributed by atoms with Crippen LogP contribution in [0.4, 0.5) is 5.82 Å². The van der Waals surface area contributed by atoms with Crippen LogP contribution in [-0.2, 0) is 0 Å². The third-order valence-electron chi connectivity index (χ3n) is 1.43. The summed E-state index contributed by atoms with van der Waals surface area (Å²) in [5, 5.41) is 11.9. The van der Waals surface area contributed by atoms with E-state index in [1.165, 1.54) is 12.3 Å². The second kappa shape index (κ2) is 4.09. The van der Waals surface area contributed by atoms with Crippen molar-refractivity contribution in [1.82, 2.24) is 4.98 Å². The number of nitrogens with zero attached hydrogens (tertiary/aromatic N) is 1. The van der Waals surface area contributed by atoms with E-state index >= 15 is 0 Å². The highest BCUT2D eigenvalue weighted by molar-refractivity contribution is 6.30. The predicted molar refractivity (Wildman–Crippen MR) is 50.4 cm³/mol. The van der Waals surface area contributed by atoms with E-state index < -0.39 is 5.97 Å². The summed E-state index contributed by atoms with van der Waals surface area (Å²) in [5.74, 6) is -0.689. The molecule has 0 saturated heterocycles. The molecule has 13 heavy (non-hydrogen) atoms. The van der Waals surface area contributed by atoms with Gasteiger partial charge in [0.2, 0.25) is 0 Å². The highest BCUT2D eigenvalue weighted by atomic mass is 35.5. The van der Waals surface area contributed by atoms with E-state index in [1.807, 2.05) is 6.92 Å². The van der Waals surface area contributed by atoms with Crippen LogP contribution in [0.3, 0.4) is 0 Å². The monoisotopic (exact) mass is 200 g/mol. The SMILES string of the molecule is CCNc1ncc(Cl)cc1C(=O)O. The molecule has 0 saturated carbocycles. The van der Waals surface area contributed by atoms with E-state index in [-0.39, 0.29) is 5.56 Å². The number of anilines is 1. The first-order valence-electron chi connectivity index (χ1n) is 3.78. The summed E-state index contributed by atoms with van der Waals surface area (Å²) >= 11 is 5.61. The molecular weight excluding hydrogens is 192 g/mol. The Labute approximate surface area is 80.6 Å². The van der Waals surface area contributed by atoms with Crippen molar-refractivity contribution in [3.63, 3.8) is 0 Å². The van der Waals surface area contributed by atoms with Crippen molar-refractivity contribution < 1.29 is 9.90 Å². The van der Waals surface area contributed by atoms with Gasteiger partial charge in [-0.1, -0.05) is 11.6 Å². The second-order valence-electron chi connectivity index (χ2n) is 2.39. The summed E-state index contributed by atoms with van der Waals surface area (Å²) in [7, 11) is 0. The Balaban J connectivity index is 3.10. The van der Waals surface area contributed by atoms with Gasteiger partial charge in [0.1, 0.15) is 11.4 Å². The minimum atomic E-state index is -1.04. The van der Waals surface area contributed by atoms with Gasteiger partial charge >= 0.3 is 5.97 Å². The first-order chi connectivity index (χ1) is 6.15. The van der Waals surface area contributed by atoms with Crippen LogP contribution in [0.1, 0.15) is 17.3 Å². The molecule has 0 aliphatic carbocycles. The van der Waals surface area contributed by atoms with E-state index in [9.17, 15) is 4.79 Å². The van der Waals surface area contributed by atoms with Gasteiger partial charge in [-0.3, -0.25) is 0 Å². The molecule has 0 spiro atoms. The topological polar surface area (TPSA) is 62.2 Å². The average molecular weight is 201 g/mol. The molecule has 5 heteroatoms. The smallest absolute Gasteiger partial charge is 0.339 e. The molecule has 0 fully saturated rings. The van der Waals surface area contributed by atoms with E-state index in [2.05, 4.69) is 10.3 Å². The van der Waals surface area contributed by atoms with Crippen LogP contribution in [0.2, 0.25) is 5.02 Å². The Morgan fingerprint density at radius 1 is 1.77 bits per heavy atom. The van der Waals surface area contributed by atoms with Gasteiger partial charge < -0.3 is 10.4 Å². The van der Waals surface area contributed by atoms with Gasteiger partial charge in [-0.15, -0.1) is 0 Å². The zero-order chi connectivity index (χ0) is 9.84. The Hall–Kier alpha value is -1.29. The van der Waals surface area contributed by atoms with Crippen molar-refractivity contribution in [3.05, 3.63) is 22.8 Å². The maximum absolute atomic E-state index is 10.7. The highest BCUT2D eigenvalue weighted by Gasteiger charge is 2.10. The number of carboxylic acid groups (broad SMARTS) is 1. The molecule has 70 valence electrons. The molecule has 0 amide bonds. The first-order valence-corrected chi connectivity index (χ1v) is 4.15. The van der Waals surface area contributed by atoms with Crippen molar-refractivity contribution in [2.75, 3.05) is 11.9 Å². The molecule has 1 aromatic heterocycles. The van der Waals surface area contributed by atoms with Gasteiger partial charge in [0.05, 0.1) is 5.02 Å². The quantitative estimate of drug-likeness (QED) is 0.782. The number of hydrogen-bond acceptors (Lipinski definition) is 3. The first kappa shape index (κ1) is 9.80. The molecule has 0 radical (unpaired) electrons. The van der Waals surface area contributed by atoms with Crippen LogP contribution in [0.25, 0.3) is 0 Å². The van der Waals surface area contributed by atoms with Crippen LogP contribution in [0, 0.1) is 0 Å². The third kappa shape index (κ3) is 2.32. The Bertz CT molecular complexity index is 328. The lowest BCUT2D eigenvalue weighted by atomic mass is 10.2. The zero-order valence-electron chi connectivity index (χ0n) is 7.04. The second-order valence-corrected chi connectivity index (χ2v) is 2.82. The summed E-state index contributed by atoms with van der Waals surface area (Å²) in [4.78, 5) is 14.6. The summed E-state index contributed by atoms with van der Waals surface area (Å²) in [6, 6.07) is 1.37. The molecule has 1 heterocycles. The Morgan fingerprint density at radius 3 is 3.00 bits per heavy atom. The summed E-state index contributed by atoms with van der Waals surface area (Å²) in [6.07, 6.45) is 1.41. The normalized spacial score (nSPS) is 9.69. The van der Waals surface area contributed by atoms with Gasteiger partial charge in [-0.2, -0.15) is 0 Å². The number of rotatable bonds is 3. The van der Waals surface area contributed by atoms with Crippen molar-refractivity contribution in [2.45, 2.75) is 6.92 Å². The van der Waals surface area contributed by atoms with Crippen molar-refractivity contribution in [3.8, 4) is 0 Å². The molecule has 0 atom stereocenters. The molecule has 2 N–H and O–H groups in total. The number of aromatic nitrogens is 1. The summed E-state index contributed by atoms with van der Waals surface area (Å²) in [6.45, 7) is 2.48. The average Bonchev–Trinajstić information content (AvgIpc) is 2.08. The molecular formula is C8H9ClN2O2. The van der Waals surface area contributed by atoms with Gasteiger partial charge in [0, 0.05) is 12.7 Å². The fourth-order valence-corrected chi connectivity index (χ4v) is 1.07. The molecule has 1 aromatic rings.